The lowest BCUT2D eigenvalue weighted by Crippen LogP contribution is -2.18. The van der Waals surface area contributed by atoms with Crippen molar-refractivity contribution in [2.75, 3.05) is 0 Å². The van der Waals surface area contributed by atoms with Crippen LogP contribution in [0.5, 0.6) is 0 Å². The average Bonchev–Trinajstić information content (AvgIpc) is 2.19. The van der Waals surface area contributed by atoms with E-state index >= 15 is 0 Å². The standard InChI is InChI=1S/C14H20O/c1-5-6-7-12-8-13(10(2)3)9-14(15)11(12)4/h5,13H,1-2,6-9H2,3-4H3/t13-/m0/s1. The Morgan fingerprint density at radius 1 is 1.53 bits per heavy atom. The van der Waals surface area contributed by atoms with E-state index in [0.29, 0.717) is 18.1 Å². The fraction of sp³-hybridized carbons (Fsp3) is 0.500. The smallest absolute Gasteiger partial charge is 0.159 e. The van der Waals surface area contributed by atoms with E-state index in [1.54, 1.807) is 0 Å². The summed E-state index contributed by atoms with van der Waals surface area (Å²) in [6.45, 7) is 11.6. The molecule has 0 spiro atoms. The van der Waals surface area contributed by atoms with Crippen LogP contribution in [0.4, 0.5) is 0 Å². The lowest BCUT2D eigenvalue weighted by atomic mass is 9.79. The van der Waals surface area contributed by atoms with Crippen molar-refractivity contribution in [2.24, 2.45) is 5.92 Å². The molecule has 0 fully saturated rings. The topological polar surface area (TPSA) is 17.1 Å². The van der Waals surface area contributed by atoms with Gasteiger partial charge in [-0.05, 0) is 44.6 Å². The second-order valence-electron chi connectivity index (χ2n) is 4.43. The van der Waals surface area contributed by atoms with Gasteiger partial charge in [0.25, 0.3) is 0 Å². The normalized spacial score (nSPS) is 21.7. The molecule has 0 bridgehead atoms. The first-order chi connectivity index (χ1) is 7.06. The summed E-state index contributed by atoms with van der Waals surface area (Å²) in [5, 5.41) is 0. The first kappa shape index (κ1) is 12.0. The Balaban J connectivity index is 2.81. The van der Waals surface area contributed by atoms with Crippen molar-refractivity contribution in [2.45, 2.75) is 39.5 Å². The van der Waals surface area contributed by atoms with Crippen LogP contribution >= 0.6 is 0 Å². The zero-order valence-corrected chi connectivity index (χ0v) is 9.81. The molecule has 0 aliphatic heterocycles. The van der Waals surface area contributed by atoms with Crippen LogP contribution in [0.25, 0.3) is 0 Å². The lowest BCUT2D eigenvalue weighted by molar-refractivity contribution is -0.116. The van der Waals surface area contributed by atoms with Crippen LogP contribution in [0.2, 0.25) is 0 Å². The highest BCUT2D eigenvalue weighted by Crippen LogP contribution is 2.33. The van der Waals surface area contributed by atoms with Crippen molar-refractivity contribution in [3.63, 3.8) is 0 Å². The van der Waals surface area contributed by atoms with Crippen molar-refractivity contribution < 1.29 is 4.79 Å². The van der Waals surface area contributed by atoms with Crippen LogP contribution in [0.3, 0.4) is 0 Å². The van der Waals surface area contributed by atoms with Gasteiger partial charge in [0, 0.05) is 6.42 Å². The Hall–Kier alpha value is -1.11. The number of carbonyl (C=O) groups excluding carboxylic acids is 1. The minimum Gasteiger partial charge on any atom is -0.295 e. The number of hydrogen-bond donors (Lipinski definition) is 0. The summed E-state index contributed by atoms with van der Waals surface area (Å²) >= 11 is 0. The van der Waals surface area contributed by atoms with E-state index in [1.807, 2.05) is 19.9 Å². The first-order valence-electron chi connectivity index (χ1n) is 5.54. The fourth-order valence-corrected chi connectivity index (χ4v) is 2.01. The molecule has 1 nitrogen and oxygen atoms in total. The van der Waals surface area contributed by atoms with Crippen molar-refractivity contribution >= 4 is 5.78 Å². The molecule has 0 aromatic carbocycles. The summed E-state index contributed by atoms with van der Waals surface area (Å²) < 4.78 is 0. The maximum absolute atomic E-state index is 11.8. The maximum Gasteiger partial charge on any atom is 0.159 e. The lowest BCUT2D eigenvalue weighted by Gasteiger charge is -2.25. The van der Waals surface area contributed by atoms with Gasteiger partial charge < -0.3 is 0 Å². The third-order valence-corrected chi connectivity index (χ3v) is 3.22. The number of allylic oxidation sites excluding steroid dienone is 4. The van der Waals surface area contributed by atoms with Gasteiger partial charge in [0.1, 0.15) is 0 Å². The monoisotopic (exact) mass is 204 g/mol. The summed E-state index contributed by atoms with van der Waals surface area (Å²) in [7, 11) is 0. The molecule has 0 amide bonds. The molecular formula is C14H20O. The Morgan fingerprint density at radius 3 is 2.73 bits per heavy atom. The molecule has 0 unspecified atom stereocenters. The van der Waals surface area contributed by atoms with E-state index in [0.717, 1.165) is 30.4 Å². The van der Waals surface area contributed by atoms with Crippen LogP contribution in [0.1, 0.15) is 39.5 Å². The van der Waals surface area contributed by atoms with Gasteiger partial charge >= 0.3 is 0 Å². The van der Waals surface area contributed by atoms with Crippen LogP contribution in [-0.2, 0) is 4.79 Å². The summed E-state index contributed by atoms with van der Waals surface area (Å²) in [5.74, 6) is 0.661. The van der Waals surface area contributed by atoms with Gasteiger partial charge in [0.15, 0.2) is 5.78 Å². The highest BCUT2D eigenvalue weighted by atomic mass is 16.1. The largest absolute Gasteiger partial charge is 0.295 e. The minimum atomic E-state index is 0.299. The molecule has 82 valence electrons. The van der Waals surface area contributed by atoms with Gasteiger partial charge in [-0.1, -0.05) is 23.8 Å². The fourth-order valence-electron chi connectivity index (χ4n) is 2.01. The summed E-state index contributed by atoms with van der Waals surface area (Å²) in [4.78, 5) is 11.8. The molecule has 0 aromatic heterocycles. The molecule has 1 heteroatoms. The van der Waals surface area contributed by atoms with E-state index in [2.05, 4.69) is 13.2 Å². The molecule has 1 aliphatic rings. The SMILES string of the molecule is C=CCCC1=C(C)C(=O)C[C@@H](C(=C)C)C1. The van der Waals surface area contributed by atoms with Gasteiger partial charge in [-0.3, -0.25) is 4.79 Å². The number of rotatable bonds is 4. The minimum absolute atomic E-state index is 0.299. The van der Waals surface area contributed by atoms with Gasteiger partial charge in [-0.2, -0.15) is 0 Å². The van der Waals surface area contributed by atoms with Crippen molar-refractivity contribution in [1.29, 1.82) is 0 Å². The van der Waals surface area contributed by atoms with E-state index in [9.17, 15) is 4.79 Å². The molecule has 0 radical (unpaired) electrons. The number of hydrogen-bond acceptors (Lipinski definition) is 1. The average molecular weight is 204 g/mol. The molecule has 15 heavy (non-hydrogen) atoms. The summed E-state index contributed by atoms with van der Waals surface area (Å²) in [6, 6.07) is 0. The molecule has 0 saturated carbocycles. The molecule has 1 atom stereocenters. The Labute approximate surface area is 92.6 Å². The van der Waals surface area contributed by atoms with E-state index < -0.39 is 0 Å². The van der Waals surface area contributed by atoms with Gasteiger partial charge in [-0.15, -0.1) is 6.58 Å². The van der Waals surface area contributed by atoms with Crippen molar-refractivity contribution in [3.8, 4) is 0 Å². The molecular weight excluding hydrogens is 184 g/mol. The Morgan fingerprint density at radius 2 is 2.20 bits per heavy atom. The number of carbonyl (C=O) groups is 1. The predicted octanol–water partition coefficient (Wildman–Crippen LogP) is 3.82. The molecule has 1 rings (SSSR count). The zero-order chi connectivity index (χ0) is 11.4. The highest BCUT2D eigenvalue weighted by molar-refractivity contribution is 5.96. The zero-order valence-electron chi connectivity index (χ0n) is 9.81. The quantitative estimate of drug-likeness (QED) is 0.636. The van der Waals surface area contributed by atoms with Crippen LogP contribution in [0, 0.1) is 5.92 Å². The van der Waals surface area contributed by atoms with Crippen LogP contribution < -0.4 is 0 Å². The van der Waals surface area contributed by atoms with Crippen LogP contribution in [0.15, 0.2) is 36.0 Å². The van der Waals surface area contributed by atoms with Crippen molar-refractivity contribution in [1.82, 2.24) is 0 Å². The van der Waals surface area contributed by atoms with Gasteiger partial charge in [0.05, 0.1) is 0 Å². The third-order valence-electron chi connectivity index (χ3n) is 3.22. The number of Topliss-reactive ketones (excluding diaryl/α,β-unsaturated/α-hetero) is 1. The number of ketones is 1. The van der Waals surface area contributed by atoms with E-state index in [4.69, 9.17) is 0 Å². The summed E-state index contributed by atoms with van der Waals surface area (Å²) in [6.07, 6.45) is 5.52. The third kappa shape index (κ3) is 2.92. The van der Waals surface area contributed by atoms with Crippen molar-refractivity contribution in [3.05, 3.63) is 36.0 Å². The maximum atomic E-state index is 11.8. The molecule has 0 heterocycles. The molecule has 0 N–H and O–H groups in total. The first-order valence-corrected chi connectivity index (χ1v) is 5.54. The molecule has 0 aromatic rings. The summed E-state index contributed by atoms with van der Waals surface area (Å²) in [5.41, 5.74) is 3.42. The van der Waals surface area contributed by atoms with Crippen LogP contribution in [-0.4, -0.2) is 5.78 Å². The molecule has 0 saturated heterocycles. The second-order valence-corrected chi connectivity index (χ2v) is 4.43. The second kappa shape index (κ2) is 5.11. The van der Waals surface area contributed by atoms with Gasteiger partial charge in [-0.25, -0.2) is 0 Å². The Kier molecular flexibility index (Phi) is 4.07. The van der Waals surface area contributed by atoms with E-state index in [-0.39, 0.29) is 0 Å². The Bertz CT molecular complexity index is 320. The highest BCUT2D eigenvalue weighted by Gasteiger charge is 2.24. The predicted molar refractivity (Wildman–Crippen MR) is 64.7 cm³/mol. The molecule has 1 aliphatic carbocycles. The van der Waals surface area contributed by atoms with Gasteiger partial charge in [0.2, 0.25) is 0 Å². The van der Waals surface area contributed by atoms with E-state index in [1.165, 1.54) is 5.57 Å².